The summed E-state index contributed by atoms with van der Waals surface area (Å²) >= 11 is 0. The van der Waals surface area contributed by atoms with Gasteiger partial charge in [-0.25, -0.2) is 4.98 Å². The Morgan fingerprint density at radius 2 is 2.07 bits per heavy atom. The molecule has 0 bridgehead atoms. The number of likely N-dealkylation sites (N-methyl/N-ethyl adjacent to an activating group) is 1. The number of nitrogens with zero attached hydrogens (tertiary/aromatic N) is 3. The van der Waals surface area contributed by atoms with Gasteiger partial charge >= 0.3 is 0 Å². The van der Waals surface area contributed by atoms with E-state index in [0.29, 0.717) is 37.9 Å². The van der Waals surface area contributed by atoms with Gasteiger partial charge in [0.25, 0.3) is 0 Å². The molecule has 0 unspecified atom stereocenters. The van der Waals surface area contributed by atoms with Gasteiger partial charge in [-0.05, 0) is 39.1 Å². The third-order valence-electron chi connectivity index (χ3n) is 5.33. The third kappa shape index (κ3) is 4.66. The van der Waals surface area contributed by atoms with Crippen molar-refractivity contribution in [2.24, 2.45) is 5.41 Å². The van der Waals surface area contributed by atoms with Crippen LogP contribution >= 0.6 is 0 Å². The monoisotopic (exact) mass is 389 g/mol. The highest BCUT2D eigenvalue weighted by molar-refractivity contribution is 5.69. The first-order valence-electron chi connectivity index (χ1n) is 9.73. The molecule has 2 heterocycles. The van der Waals surface area contributed by atoms with Crippen molar-refractivity contribution in [2.45, 2.75) is 19.4 Å². The summed E-state index contributed by atoms with van der Waals surface area (Å²) in [6.07, 6.45) is 5.44. The van der Waals surface area contributed by atoms with E-state index >= 15 is 0 Å². The van der Waals surface area contributed by atoms with E-state index in [4.69, 9.17) is 14.2 Å². The first-order valence-corrected chi connectivity index (χ1v) is 9.73. The number of imidazole rings is 1. The van der Waals surface area contributed by atoms with Gasteiger partial charge in [-0.2, -0.15) is 0 Å². The normalized spacial score (nSPS) is 16.3. The molecule has 154 valence electrons. The van der Waals surface area contributed by atoms with Gasteiger partial charge in [0.1, 0.15) is 12.4 Å². The number of aromatic nitrogens is 2. The summed E-state index contributed by atoms with van der Waals surface area (Å²) in [4.78, 5) is 6.68. The molecule has 1 aliphatic rings. The number of aliphatic hydroxyl groups excluding tert-OH is 1. The molecule has 7 nitrogen and oxygen atoms in total. The molecular weight excluding hydrogens is 358 g/mol. The molecule has 3 rings (SSSR count). The van der Waals surface area contributed by atoms with Gasteiger partial charge in [-0.1, -0.05) is 6.07 Å². The minimum absolute atomic E-state index is 0.137. The van der Waals surface area contributed by atoms with E-state index in [-0.39, 0.29) is 12.0 Å². The molecule has 0 amide bonds. The van der Waals surface area contributed by atoms with Crippen molar-refractivity contribution in [3.05, 3.63) is 30.6 Å². The number of benzene rings is 1. The maximum absolute atomic E-state index is 10.1. The second-order valence-electron chi connectivity index (χ2n) is 7.64. The molecule has 1 aromatic heterocycles. The molecule has 7 heteroatoms. The Bertz CT molecular complexity index is 754. The summed E-state index contributed by atoms with van der Waals surface area (Å²) in [5, 5.41) is 10.1. The summed E-state index contributed by atoms with van der Waals surface area (Å²) in [7, 11) is 5.68. The van der Waals surface area contributed by atoms with Crippen LogP contribution in [0.4, 0.5) is 0 Å². The zero-order valence-corrected chi connectivity index (χ0v) is 17.1. The quantitative estimate of drug-likeness (QED) is 0.710. The second kappa shape index (κ2) is 9.41. The highest BCUT2D eigenvalue weighted by atomic mass is 16.5. The lowest BCUT2D eigenvalue weighted by atomic mass is 9.81. The highest BCUT2D eigenvalue weighted by Gasteiger charge is 2.33. The van der Waals surface area contributed by atoms with Gasteiger partial charge in [-0.3, -0.25) is 0 Å². The summed E-state index contributed by atoms with van der Waals surface area (Å²) < 4.78 is 19.2. The van der Waals surface area contributed by atoms with Crippen LogP contribution in [0.5, 0.6) is 11.5 Å². The van der Waals surface area contributed by atoms with Crippen molar-refractivity contribution in [1.82, 2.24) is 14.5 Å². The lowest BCUT2D eigenvalue weighted by molar-refractivity contribution is -0.0250. The first kappa shape index (κ1) is 20.6. The van der Waals surface area contributed by atoms with Crippen LogP contribution in [0.3, 0.4) is 0 Å². The number of methoxy groups -OCH3 is 1. The molecule has 0 atom stereocenters. The topological polar surface area (TPSA) is 69.0 Å². The number of aliphatic hydroxyl groups is 1. The number of rotatable bonds is 9. The molecule has 0 spiro atoms. The van der Waals surface area contributed by atoms with Gasteiger partial charge in [0.2, 0.25) is 0 Å². The van der Waals surface area contributed by atoms with E-state index in [2.05, 4.69) is 14.5 Å². The maximum Gasteiger partial charge on any atom is 0.172 e. The van der Waals surface area contributed by atoms with Crippen LogP contribution in [0.1, 0.15) is 12.8 Å². The number of hydrogen-bond donors (Lipinski definition) is 1. The van der Waals surface area contributed by atoms with Crippen molar-refractivity contribution in [1.29, 1.82) is 0 Å². The standard InChI is InChI=1S/C21H31N3O4/c1-23(2)11-14-28-19-17(5-4-6-18(19)26-3)20-22-9-10-24(20)15-21(16-25)7-12-27-13-8-21/h4-6,9-10,25H,7-8,11-16H2,1-3H3. The minimum Gasteiger partial charge on any atom is -0.493 e. The van der Waals surface area contributed by atoms with Gasteiger partial charge in [0, 0.05) is 44.1 Å². The van der Waals surface area contributed by atoms with Crippen LogP contribution in [-0.4, -0.2) is 73.7 Å². The molecule has 1 saturated heterocycles. The number of hydrogen-bond acceptors (Lipinski definition) is 6. The molecule has 28 heavy (non-hydrogen) atoms. The summed E-state index contributed by atoms with van der Waals surface area (Å²) in [5.41, 5.74) is 0.710. The minimum atomic E-state index is -0.182. The predicted molar refractivity (Wildman–Crippen MR) is 108 cm³/mol. The summed E-state index contributed by atoms with van der Waals surface area (Å²) in [6.45, 7) is 3.55. The van der Waals surface area contributed by atoms with E-state index in [1.165, 1.54) is 0 Å². The lowest BCUT2D eigenvalue weighted by Gasteiger charge is -2.36. The maximum atomic E-state index is 10.1. The highest BCUT2D eigenvalue weighted by Crippen LogP contribution is 2.39. The van der Waals surface area contributed by atoms with E-state index in [1.54, 1.807) is 13.3 Å². The molecular formula is C21H31N3O4. The SMILES string of the molecule is COc1cccc(-c2nccn2CC2(CO)CCOCC2)c1OCCN(C)C. The molecule has 1 aliphatic heterocycles. The largest absolute Gasteiger partial charge is 0.493 e. The zero-order valence-electron chi connectivity index (χ0n) is 17.1. The van der Waals surface area contributed by atoms with Gasteiger partial charge in [0.05, 0.1) is 19.3 Å². The van der Waals surface area contributed by atoms with Crippen molar-refractivity contribution in [3.63, 3.8) is 0 Å². The zero-order chi connectivity index (χ0) is 20.0. The summed E-state index contributed by atoms with van der Waals surface area (Å²) in [6, 6.07) is 5.85. The van der Waals surface area contributed by atoms with Gasteiger partial charge in [0.15, 0.2) is 11.5 Å². The van der Waals surface area contributed by atoms with E-state index in [0.717, 1.165) is 30.8 Å². The molecule has 1 aromatic carbocycles. The van der Waals surface area contributed by atoms with E-state index in [1.807, 2.05) is 38.5 Å². The Kier molecular flexibility index (Phi) is 6.93. The smallest absolute Gasteiger partial charge is 0.172 e. The average Bonchev–Trinajstić information content (AvgIpc) is 3.16. The van der Waals surface area contributed by atoms with Crippen molar-refractivity contribution in [2.75, 3.05) is 54.2 Å². The Balaban J connectivity index is 1.91. The number of para-hydroxylation sites is 1. The lowest BCUT2D eigenvalue weighted by Crippen LogP contribution is -2.37. The predicted octanol–water partition coefficient (Wildman–Crippen LogP) is 2.29. The molecule has 0 saturated carbocycles. The summed E-state index contributed by atoms with van der Waals surface area (Å²) in [5.74, 6) is 2.20. The van der Waals surface area contributed by atoms with Crippen LogP contribution < -0.4 is 9.47 Å². The van der Waals surface area contributed by atoms with E-state index in [9.17, 15) is 5.11 Å². The van der Waals surface area contributed by atoms with Crippen LogP contribution in [0, 0.1) is 5.41 Å². The van der Waals surface area contributed by atoms with Crippen molar-refractivity contribution in [3.8, 4) is 22.9 Å². The van der Waals surface area contributed by atoms with Crippen LogP contribution in [-0.2, 0) is 11.3 Å². The Hall–Kier alpha value is -2.09. The van der Waals surface area contributed by atoms with Gasteiger partial charge in [-0.15, -0.1) is 0 Å². The number of ether oxygens (including phenoxy) is 3. The fraction of sp³-hybridized carbons (Fsp3) is 0.571. The average molecular weight is 389 g/mol. The Morgan fingerprint density at radius 3 is 2.75 bits per heavy atom. The van der Waals surface area contributed by atoms with E-state index < -0.39 is 0 Å². The Morgan fingerprint density at radius 1 is 1.29 bits per heavy atom. The fourth-order valence-corrected chi connectivity index (χ4v) is 3.54. The van der Waals surface area contributed by atoms with Gasteiger partial charge < -0.3 is 28.8 Å². The van der Waals surface area contributed by atoms with Crippen LogP contribution in [0.25, 0.3) is 11.4 Å². The third-order valence-corrected chi connectivity index (χ3v) is 5.33. The molecule has 2 aromatic rings. The van der Waals surface area contributed by atoms with Crippen LogP contribution in [0.2, 0.25) is 0 Å². The fourth-order valence-electron chi connectivity index (χ4n) is 3.54. The second-order valence-corrected chi connectivity index (χ2v) is 7.64. The molecule has 1 fully saturated rings. The molecule has 0 radical (unpaired) electrons. The first-order chi connectivity index (χ1) is 13.6. The van der Waals surface area contributed by atoms with Crippen molar-refractivity contribution < 1.29 is 19.3 Å². The van der Waals surface area contributed by atoms with Crippen LogP contribution in [0.15, 0.2) is 30.6 Å². The molecule has 1 N–H and O–H groups in total. The molecule has 0 aliphatic carbocycles. The van der Waals surface area contributed by atoms with Crippen molar-refractivity contribution >= 4 is 0 Å². The Labute approximate surface area is 166 Å².